The molecule has 6 heteroatoms. The number of rotatable bonds is 3. The molecular formula is C16H15NO3S2. The van der Waals surface area contributed by atoms with Crippen molar-refractivity contribution in [3.8, 4) is 0 Å². The Labute approximate surface area is 136 Å². The van der Waals surface area contributed by atoms with E-state index in [4.69, 9.17) is 0 Å². The van der Waals surface area contributed by atoms with Gasteiger partial charge in [0.2, 0.25) is 0 Å². The molecule has 0 saturated heterocycles. The van der Waals surface area contributed by atoms with Crippen LogP contribution in [0.25, 0.3) is 0 Å². The van der Waals surface area contributed by atoms with Crippen molar-refractivity contribution < 1.29 is 14.7 Å². The zero-order valence-electron chi connectivity index (χ0n) is 12.0. The van der Waals surface area contributed by atoms with E-state index in [2.05, 4.69) is 0 Å². The van der Waals surface area contributed by atoms with E-state index >= 15 is 0 Å². The maximum atomic E-state index is 12.7. The molecule has 4 nitrogen and oxygen atoms in total. The van der Waals surface area contributed by atoms with Crippen molar-refractivity contribution in [1.29, 1.82) is 0 Å². The molecule has 0 spiro atoms. The molecule has 3 rings (SSSR count). The maximum absolute atomic E-state index is 12.7. The number of fused-ring (bicyclic) bond motifs is 1. The van der Waals surface area contributed by atoms with Crippen molar-refractivity contribution in [1.82, 2.24) is 4.90 Å². The third-order valence-electron chi connectivity index (χ3n) is 3.82. The zero-order chi connectivity index (χ0) is 15.7. The number of amides is 1. The first-order valence-corrected chi connectivity index (χ1v) is 8.93. The normalized spacial score (nSPS) is 17.1. The fourth-order valence-corrected chi connectivity index (χ4v) is 4.44. The highest BCUT2D eigenvalue weighted by atomic mass is 32.2. The van der Waals surface area contributed by atoms with Crippen LogP contribution < -0.4 is 0 Å². The van der Waals surface area contributed by atoms with Crippen LogP contribution in [-0.2, 0) is 11.3 Å². The third-order valence-corrected chi connectivity index (χ3v) is 5.63. The van der Waals surface area contributed by atoms with Crippen LogP contribution in [0.3, 0.4) is 0 Å². The van der Waals surface area contributed by atoms with Crippen molar-refractivity contribution >= 4 is 35.0 Å². The highest BCUT2D eigenvalue weighted by molar-refractivity contribution is 7.98. The Bertz CT molecular complexity index is 726. The molecule has 1 amide bonds. The molecule has 0 aliphatic carbocycles. The lowest BCUT2D eigenvalue weighted by molar-refractivity contribution is -0.139. The van der Waals surface area contributed by atoms with Gasteiger partial charge in [-0.1, -0.05) is 24.3 Å². The molecule has 0 saturated carbocycles. The quantitative estimate of drug-likeness (QED) is 0.876. The van der Waals surface area contributed by atoms with E-state index in [1.807, 2.05) is 42.0 Å². The third kappa shape index (κ3) is 2.64. The van der Waals surface area contributed by atoms with Crippen LogP contribution in [0.1, 0.15) is 26.7 Å². The molecule has 2 aromatic rings. The van der Waals surface area contributed by atoms with Crippen LogP contribution >= 0.6 is 23.1 Å². The Balaban J connectivity index is 1.94. The number of carboxylic acid groups (broad SMARTS) is 1. The van der Waals surface area contributed by atoms with Gasteiger partial charge < -0.3 is 10.0 Å². The van der Waals surface area contributed by atoms with Crippen molar-refractivity contribution in [2.75, 3.05) is 12.8 Å². The molecule has 2 heterocycles. The van der Waals surface area contributed by atoms with Gasteiger partial charge in [-0.2, -0.15) is 0 Å². The predicted octanol–water partition coefficient (Wildman–Crippen LogP) is 3.29. The smallest absolute Gasteiger partial charge is 0.312 e. The van der Waals surface area contributed by atoms with Crippen LogP contribution in [0.15, 0.2) is 40.6 Å². The van der Waals surface area contributed by atoms with Gasteiger partial charge in [-0.3, -0.25) is 9.59 Å². The van der Waals surface area contributed by atoms with E-state index in [0.717, 1.165) is 16.0 Å². The van der Waals surface area contributed by atoms with Gasteiger partial charge in [0.05, 0.1) is 5.92 Å². The fraction of sp³-hybridized carbons (Fsp3) is 0.250. The molecule has 1 aliphatic rings. The second-order valence-corrected chi connectivity index (χ2v) is 6.86. The number of hydrogen-bond donors (Lipinski definition) is 1. The Hall–Kier alpha value is -1.79. The summed E-state index contributed by atoms with van der Waals surface area (Å²) in [5.74, 6) is -1.63. The van der Waals surface area contributed by atoms with Crippen molar-refractivity contribution in [3.63, 3.8) is 0 Å². The molecule has 1 atom stereocenters. The summed E-state index contributed by atoms with van der Waals surface area (Å²) in [5.41, 5.74) is 1.73. The first-order chi connectivity index (χ1) is 10.6. The summed E-state index contributed by atoms with van der Waals surface area (Å²) >= 11 is 2.94. The first-order valence-electron chi connectivity index (χ1n) is 6.83. The zero-order valence-corrected chi connectivity index (χ0v) is 13.6. The standard InChI is InChI=1S/C16H15NO3S2/c1-21-13-6-7-22-14(13)15(18)17-8-10-4-2-3-5-11(10)12(9-17)16(19)20/h2-7,12H,8-9H2,1H3,(H,19,20). The maximum Gasteiger partial charge on any atom is 0.312 e. The Morgan fingerprint density at radius 2 is 2.09 bits per heavy atom. The van der Waals surface area contributed by atoms with E-state index in [0.29, 0.717) is 11.4 Å². The Morgan fingerprint density at radius 3 is 2.82 bits per heavy atom. The predicted molar refractivity (Wildman–Crippen MR) is 87.7 cm³/mol. The van der Waals surface area contributed by atoms with E-state index < -0.39 is 11.9 Å². The highest BCUT2D eigenvalue weighted by Gasteiger charge is 2.33. The second kappa shape index (κ2) is 6.14. The average molecular weight is 333 g/mol. The molecule has 0 fully saturated rings. The summed E-state index contributed by atoms with van der Waals surface area (Å²) in [7, 11) is 0. The molecule has 114 valence electrons. The van der Waals surface area contributed by atoms with Gasteiger partial charge in [0.25, 0.3) is 5.91 Å². The second-order valence-electron chi connectivity index (χ2n) is 5.09. The summed E-state index contributed by atoms with van der Waals surface area (Å²) < 4.78 is 0. The molecule has 22 heavy (non-hydrogen) atoms. The number of nitrogens with zero attached hydrogens (tertiary/aromatic N) is 1. The molecule has 1 aromatic carbocycles. The van der Waals surface area contributed by atoms with Crippen LogP contribution in [0.2, 0.25) is 0 Å². The fourth-order valence-electron chi connectivity index (χ4n) is 2.73. The van der Waals surface area contributed by atoms with Gasteiger partial charge in [0.15, 0.2) is 0 Å². The molecule has 1 N–H and O–H groups in total. The lowest BCUT2D eigenvalue weighted by atomic mass is 9.90. The lowest BCUT2D eigenvalue weighted by Gasteiger charge is -2.32. The highest BCUT2D eigenvalue weighted by Crippen LogP contribution is 2.32. The van der Waals surface area contributed by atoms with E-state index in [1.54, 1.807) is 4.90 Å². The van der Waals surface area contributed by atoms with E-state index in [9.17, 15) is 14.7 Å². The summed E-state index contributed by atoms with van der Waals surface area (Å²) in [6.07, 6.45) is 1.93. The SMILES string of the molecule is CSc1ccsc1C(=O)N1Cc2ccccc2C(C(=O)O)C1. The number of thioether (sulfide) groups is 1. The van der Waals surface area contributed by atoms with Crippen molar-refractivity contribution in [2.45, 2.75) is 17.4 Å². The van der Waals surface area contributed by atoms with E-state index in [1.165, 1.54) is 23.1 Å². The minimum Gasteiger partial charge on any atom is -0.481 e. The minimum absolute atomic E-state index is 0.0832. The number of carbonyl (C=O) groups excluding carboxylic acids is 1. The Kier molecular flexibility index (Phi) is 4.22. The molecule has 0 bridgehead atoms. The van der Waals surface area contributed by atoms with Gasteiger partial charge in [-0.25, -0.2) is 0 Å². The largest absolute Gasteiger partial charge is 0.481 e. The number of thiophene rings is 1. The van der Waals surface area contributed by atoms with Gasteiger partial charge in [0.1, 0.15) is 4.88 Å². The molecule has 1 unspecified atom stereocenters. The van der Waals surface area contributed by atoms with Gasteiger partial charge in [-0.15, -0.1) is 23.1 Å². The lowest BCUT2D eigenvalue weighted by Crippen LogP contribution is -2.40. The Morgan fingerprint density at radius 1 is 1.32 bits per heavy atom. The summed E-state index contributed by atoms with van der Waals surface area (Å²) in [6, 6.07) is 9.39. The van der Waals surface area contributed by atoms with Crippen LogP contribution in [0.5, 0.6) is 0 Å². The summed E-state index contributed by atoms with van der Waals surface area (Å²) in [6.45, 7) is 0.682. The number of benzene rings is 1. The molecule has 1 aromatic heterocycles. The van der Waals surface area contributed by atoms with E-state index in [-0.39, 0.29) is 12.5 Å². The van der Waals surface area contributed by atoms with Crippen LogP contribution in [0.4, 0.5) is 0 Å². The minimum atomic E-state index is -0.888. The monoisotopic (exact) mass is 333 g/mol. The first kappa shape index (κ1) is 15.1. The number of carboxylic acids is 1. The topological polar surface area (TPSA) is 57.6 Å². The van der Waals surface area contributed by atoms with Crippen LogP contribution in [0, 0.1) is 0 Å². The molecule has 1 aliphatic heterocycles. The molecule has 0 radical (unpaired) electrons. The summed E-state index contributed by atoms with van der Waals surface area (Å²) in [4.78, 5) is 27.6. The van der Waals surface area contributed by atoms with Gasteiger partial charge >= 0.3 is 5.97 Å². The van der Waals surface area contributed by atoms with Crippen molar-refractivity contribution in [3.05, 3.63) is 51.7 Å². The summed E-state index contributed by atoms with van der Waals surface area (Å²) in [5, 5.41) is 11.4. The number of aliphatic carboxylic acids is 1. The van der Waals surface area contributed by atoms with Crippen LogP contribution in [-0.4, -0.2) is 34.7 Å². The van der Waals surface area contributed by atoms with Crippen molar-refractivity contribution in [2.24, 2.45) is 0 Å². The number of hydrogen-bond acceptors (Lipinski definition) is 4. The van der Waals surface area contributed by atoms with Gasteiger partial charge in [0, 0.05) is 18.0 Å². The van der Waals surface area contributed by atoms with Gasteiger partial charge in [-0.05, 0) is 28.8 Å². The average Bonchev–Trinajstić information content (AvgIpc) is 3.01. The molecular weight excluding hydrogens is 318 g/mol. The number of carbonyl (C=O) groups is 2.